The SMILES string of the molecule is O=C(COC(=O)c1ccc2ncoc2c1)Nc1ccccc1Br. The molecular weight excluding hydrogens is 364 g/mol. The predicted octanol–water partition coefficient (Wildman–Crippen LogP) is 3.39. The minimum atomic E-state index is -0.606. The van der Waals surface area contributed by atoms with Crippen LogP contribution in [0.4, 0.5) is 5.69 Å². The molecule has 0 atom stereocenters. The van der Waals surface area contributed by atoms with Crippen LogP contribution in [-0.2, 0) is 9.53 Å². The van der Waals surface area contributed by atoms with Gasteiger partial charge in [0, 0.05) is 4.47 Å². The smallest absolute Gasteiger partial charge is 0.338 e. The summed E-state index contributed by atoms with van der Waals surface area (Å²) in [5, 5.41) is 2.65. The zero-order valence-corrected chi connectivity index (χ0v) is 13.4. The van der Waals surface area contributed by atoms with Gasteiger partial charge in [-0.15, -0.1) is 0 Å². The quantitative estimate of drug-likeness (QED) is 0.707. The number of esters is 1. The van der Waals surface area contributed by atoms with E-state index < -0.39 is 11.9 Å². The number of amides is 1. The summed E-state index contributed by atoms with van der Waals surface area (Å²) < 4.78 is 10.9. The minimum Gasteiger partial charge on any atom is -0.452 e. The summed E-state index contributed by atoms with van der Waals surface area (Å²) in [4.78, 5) is 27.8. The zero-order chi connectivity index (χ0) is 16.2. The van der Waals surface area contributed by atoms with Crippen molar-refractivity contribution >= 4 is 44.6 Å². The number of benzene rings is 2. The summed E-state index contributed by atoms with van der Waals surface area (Å²) >= 11 is 3.32. The molecule has 0 aliphatic carbocycles. The first-order chi connectivity index (χ1) is 11.1. The molecular formula is C16H11BrN2O4. The third kappa shape index (κ3) is 3.57. The van der Waals surface area contributed by atoms with Gasteiger partial charge >= 0.3 is 5.97 Å². The van der Waals surface area contributed by atoms with Crippen LogP contribution in [0.2, 0.25) is 0 Å². The third-order valence-electron chi connectivity index (χ3n) is 3.05. The molecule has 6 nitrogen and oxygen atoms in total. The standard InChI is InChI=1S/C16H11BrN2O4/c17-11-3-1-2-4-12(11)19-15(20)8-22-16(21)10-5-6-13-14(7-10)23-9-18-13/h1-7,9H,8H2,(H,19,20). The Morgan fingerprint density at radius 3 is 2.87 bits per heavy atom. The van der Waals surface area contributed by atoms with Gasteiger partial charge in [0.25, 0.3) is 5.91 Å². The van der Waals surface area contributed by atoms with E-state index >= 15 is 0 Å². The molecule has 0 unspecified atom stereocenters. The predicted molar refractivity (Wildman–Crippen MR) is 87.1 cm³/mol. The molecule has 0 saturated carbocycles. The number of aromatic nitrogens is 1. The van der Waals surface area contributed by atoms with E-state index in [-0.39, 0.29) is 6.61 Å². The lowest BCUT2D eigenvalue weighted by Crippen LogP contribution is -2.21. The fourth-order valence-corrected chi connectivity index (χ4v) is 2.33. The number of fused-ring (bicyclic) bond motifs is 1. The molecule has 7 heteroatoms. The van der Waals surface area contributed by atoms with Crippen LogP contribution in [0.5, 0.6) is 0 Å². The molecule has 0 radical (unpaired) electrons. The van der Waals surface area contributed by atoms with Crippen LogP contribution in [-0.4, -0.2) is 23.5 Å². The average Bonchev–Trinajstić information content (AvgIpc) is 3.02. The van der Waals surface area contributed by atoms with Crippen LogP contribution < -0.4 is 5.32 Å². The lowest BCUT2D eigenvalue weighted by atomic mass is 10.2. The first kappa shape index (κ1) is 15.2. The second kappa shape index (κ2) is 6.62. The van der Waals surface area contributed by atoms with E-state index in [2.05, 4.69) is 26.2 Å². The highest BCUT2D eigenvalue weighted by Crippen LogP contribution is 2.21. The molecule has 0 aliphatic heterocycles. The molecule has 3 aromatic rings. The largest absolute Gasteiger partial charge is 0.452 e. The first-order valence-corrected chi connectivity index (χ1v) is 7.47. The highest BCUT2D eigenvalue weighted by atomic mass is 79.9. The maximum absolute atomic E-state index is 12.0. The van der Waals surface area contributed by atoms with Crippen molar-refractivity contribution in [2.45, 2.75) is 0 Å². The van der Waals surface area contributed by atoms with Crippen LogP contribution in [0.15, 0.2) is 57.7 Å². The number of hydrogen-bond donors (Lipinski definition) is 1. The number of carbonyl (C=O) groups excluding carboxylic acids is 2. The van der Waals surface area contributed by atoms with Crippen LogP contribution in [0.1, 0.15) is 10.4 Å². The Morgan fingerprint density at radius 1 is 1.22 bits per heavy atom. The molecule has 0 saturated heterocycles. The number of rotatable bonds is 4. The van der Waals surface area contributed by atoms with Gasteiger partial charge < -0.3 is 14.5 Å². The van der Waals surface area contributed by atoms with Gasteiger partial charge in [0.15, 0.2) is 18.6 Å². The van der Waals surface area contributed by atoms with Gasteiger partial charge in [-0.1, -0.05) is 12.1 Å². The summed E-state index contributed by atoms with van der Waals surface area (Å²) in [6.45, 7) is -0.380. The number of nitrogens with one attached hydrogen (secondary N) is 1. The molecule has 1 heterocycles. The summed E-state index contributed by atoms with van der Waals surface area (Å²) in [6, 6.07) is 11.9. The van der Waals surface area contributed by atoms with Gasteiger partial charge in [0.05, 0.1) is 11.3 Å². The van der Waals surface area contributed by atoms with Gasteiger partial charge in [-0.3, -0.25) is 4.79 Å². The van der Waals surface area contributed by atoms with Gasteiger partial charge in [-0.2, -0.15) is 0 Å². The van der Waals surface area contributed by atoms with Gasteiger partial charge in [0.2, 0.25) is 0 Å². The van der Waals surface area contributed by atoms with Crippen molar-refractivity contribution in [1.29, 1.82) is 0 Å². The molecule has 23 heavy (non-hydrogen) atoms. The number of ether oxygens (including phenoxy) is 1. The number of para-hydroxylation sites is 1. The van der Waals surface area contributed by atoms with Crippen LogP contribution in [0.3, 0.4) is 0 Å². The molecule has 1 aromatic heterocycles. The molecule has 116 valence electrons. The molecule has 0 bridgehead atoms. The molecule has 0 aliphatic rings. The fourth-order valence-electron chi connectivity index (χ4n) is 1.95. The normalized spacial score (nSPS) is 10.5. The summed E-state index contributed by atoms with van der Waals surface area (Å²) in [5.41, 5.74) is 2.03. The van der Waals surface area contributed by atoms with Crippen molar-refractivity contribution in [2.24, 2.45) is 0 Å². The number of oxazole rings is 1. The number of anilines is 1. The van der Waals surface area contributed by atoms with Crippen molar-refractivity contribution in [3.05, 3.63) is 58.9 Å². The highest BCUT2D eigenvalue weighted by molar-refractivity contribution is 9.10. The number of nitrogens with zero attached hydrogens (tertiary/aromatic N) is 1. The molecule has 1 amide bonds. The summed E-state index contributed by atoms with van der Waals surface area (Å²) in [5.74, 6) is -1.03. The Balaban J connectivity index is 1.60. The van der Waals surface area contributed by atoms with Crippen molar-refractivity contribution in [2.75, 3.05) is 11.9 Å². The van der Waals surface area contributed by atoms with Gasteiger partial charge in [-0.25, -0.2) is 9.78 Å². The Labute approximate surface area is 139 Å². The summed E-state index contributed by atoms with van der Waals surface area (Å²) in [7, 11) is 0. The second-order valence-corrected chi connectivity index (χ2v) is 5.49. The Hall–Kier alpha value is -2.67. The number of carbonyl (C=O) groups is 2. The molecule has 3 rings (SSSR count). The zero-order valence-electron chi connectivity index (χ0n) is 11.8. The van der Waals surface area contributed by atoms with E-state index in [9.17, 15) is 9.59 Å². The van der Waals surface area contributed by atoms with Gasteiger partial charge in [-0.05, 0) is 46.3 Å². The lowest BCUT2D eigenvalue weighted by molar-refractivity contribution is -0.119. The third-order valence-corrected chi connectivity index (χ3v) is 3.74. The number of halogens is 1. The van der Waals surface area contributed by atoms with E-state index in [1.807, 2.05) is 6.07 Å². The maximum atomic E-state index is 12.0. The van der Waals surface area contributed by atoms with E-state index in [1.165, 1.54) is 12.5 Å². The topological polar surface area (TPSA) is 81.4 Å². The van der Waals surface area contributed by atoms with E-state index in [1.54, 1.807) is 30.3 Å². The molecule has 2 aromatic carbocycles. The molecule has 0 fully saturated rings. The van der Waals surface area contributed by atoms with Crippen LogP contribution in [0.25, 0.3) is 11.1 Å². The van der Waals surface area contributed by atoms with E-state index in [0.717, 1.165) is 4.47 Å². The van der Waals surface area contributed by atoms with Crippen LogP contribution >= 0.6 is 15.9 Å². The monoisotopic (exact) mass is 374 g/mol. The van der Waals surface area contributed by atoms with Gasteiger partial charge in [0.1, 0.15) is 5.52 Å². The number of hydrogen-bond acceptors (Lipinski definition) is 5. The Morgan fingerprint density at radius 2 is 2.04 bits per heavy atom. The van der Waals surface area contributed by atoms with Crippen molar-refractivity contribution in [3.8, 4) is 0 Å². The lowest BCUT2D eigenvalue weighted by Gasteiger charge is -2.08. The minimum absolute atomic E-state index is 0.294. The van der Waals surface area contributed by atoms with Crippen molar-refractivity contribution < 1.29 is 18.7 Å². The fraction of sp³-hybridized carbons (Fsp3) is 0.0625. The Kier molecular flexibility index (Phi) is 4.38. The van der Waals surface area contributed by atoms with Crippen molar-refractivity contribution in [3.63, 3.8) is 0 Å². The van der Waals surface area contributed by atoms with Crippen LogP contribution in [0, 0.1) is 0 Å². The highest BCUT2D eigenvalue weighted by Gasteiger charge is 2.12. The Bertz CT molecular complexity index is 875. The average molecular weight is 375 g/mol. The molecule has 1 N–H and O–H groups in total. The molecule has 0 spiro atoms. The first-order valence-electron chi connectivity index (χ1n) is 6.68. The maximum Gasteiger partial charge on any atom is 0.338 e. The summed E-state index contributed by atoms with van der Waals surface area (Å²) in [6.07, 6.45) is 1.30. The van der Waals surface area contributed by atoms with Crippen molar-refractivity contribution in [1.82, 2.24) is 4.98 Å². The second-order valence-electron chi connectivity index (χ2n) is 4.64. The van der Waals surface area contributed by atoms with E-state index in [0.29, 0.717) is 22.4 Å². The van der Waals surface area contributed by atoms with E-state index in [4.69, 9.17) is 9.15 Å².